The number of nitrogens with zero attached hydrogens (tertiary/aromatic N) is 4. The molecule has 0 atom stereocenters. The van der Waals surface area contributed by atoms with E-state index in [1.165, 1.54) is 0 Å². The molecule has 0 radical (unpaired) electrons. The van der Waals surface area contributed by atoms with Gasteiger partial charge in [-0.1, -0.05) is 29.5 Å². The predicted molar refractivity (Wildman–Crippen MR) is 91.1 cm³/mol. The third kappa shape index (κ3) is 2.50. The summed E-state index contributed by atoms with van der Waals surface area (Å²) in [7, 11) is 0. The molecule has 6 heteroatoms. The Morgan fingerprint density at radius 2 is 1.83 bits per heavy atom. The first-order valence-corrected chi connectivity index (χ1v) is 7.44. The molecule has 2 aromatic heterocycles. The fourth-order valence-corrected chi connectivity index (χ4v) is 2.52. The van der Waals surface area contributed by atoms with E-state index in [9.17, 15) is 4.79 Å². The lowest BCUT2D eigenvalue weighted by molar-refractivity contribution is 0.102. The van der Waals surface area contributed by atoms with Crippen molar-refractivity contribution in [2.45, 2.75) is 0 Å². The van der Waals surface area contributed by atoms with Crippen LogP contribution in [0.1, 0.15) is 10.4 Å². The second-order valence-corrected chi connectivity index (χ2v) is 5.21. The number of pyridine rings is 1. The van der Waals surface area contributed by atoms with Gasteiger partial charge in [-0.05, 0) is 36.4 Å². The van der Waals surface area contributed by atoms with E-state index in [1.807, 2.05) is 54.6 Å². The number of nitrogens with one attached hydrogen (secondary N) is 1. The number of hydrogen-bond acceptors (Lipinski definition) is 4. The number of anilines is 1. The van der Waals surface area contributed by atoms with Crippen LogP contribution in [0.5, 0.6) is 0 Å². The third-order valence-electron chi connectivity index (χ3n) is 3.64. The Bertz CT molecular complexity index is 996. The number of fused-ring (bicyclic) bond motifs is 1. The monoisotopic (exact) mass is 315 g/mol. The van der Waals surface area contributed by atoms with Crippen molar-refractivity contribution >= 4 is 22.6 Å². The van der Waals surface area contributed by atoms with E-state index in [1.54, 1.807) is 23.1 Å². The molecular weight excluding hydrogens is 302 g/mol. The first-order valence-electron chi connectivity index (χ1n) is 7.44. The van der Waals surface area contributed by atoms with Crippen molar-refractivity contribution < 1.29 is 4.79 Å². The van der Waals surface area contributed by atoms with Crippen molar-refractivity contribution in [3.63, 3.8) is 0 Å². The molecule has 1 N–H and O–H groups in total. The first-order chi connectivity index (χ1) is 11.8. The molecule has 0 bridgehead atoms. The smallest absolute Gasteiger partial charge is 0.258 e. The first kappa shape index (κ1) is 14.1. The van der Waals surface area contributed by atoms with Gasteiger partial charge >= 0.3 is 0 Å². The van der Waals surface area contributed by atoms with Gasteiger partial charge in [0.05, 0.1) is 23.0 Å². The zero-order valence-corrected chi connectivity index (χ0v) is 12.6. The van der Waals surface area contributed by atoms with Crippen molar-refractivity contribution in [3.8, 4) is 5.69 Å². The summed E-state index contributed by atoms with van der Waals surface area (Å²) in [5.74, 6) is -0.218. The number of carbonyl (C=O) groups is 1. The molecule has 6 nitrogen and oxygen atoms in total. The second kappa shape index (κ2) is 5.92. The summed E-state index contributed by atoms with van der Waals surface area (Å²) in [5, 5.41) is 11.2. The van der Waals surface area contributed by atoms with Crippen molar-refractivity contribution in [1.82, 2.24) is 20.0 Å². The summed E-state index contributed by atoms with van der Waals surface area (Å²) >= 11 is 0. The van der Waals surface area contributed by atoms with Gasteiger partial charge in [-0.2, -0.15) is 0 Å². The average Bonchev–Trinajstić information content (AvgIpc) is 3.07. The molecule has 0 aliphatic heterocycles. The molecule has 0 saturated carbocycles. The molecule has 2 aromatic carbocycles. The Kier molecular flexibility index (Phi) is 3.47. The van der Waals surface area contributed by atoms with Gasteiger partial charge in [-0.25, -0.2) is 4.68 Å². The summed E-state index contributed by atoms with van der Waals surface area (Å²) in [5.41, 5.74) is 3.31. The van der Waals surface area contributed by atoms with Gasteiger partial charge in [0.2, 0.25) is 0 Å². The number of carbonyl (C=O) groups excluding carboxylic acids is 1. The lowest BCUT2D eigenvalue weighted by Crippen LogP contribution is -2.12. The lowest BCUT2D eigenvalue weighted by Gasteiger charge is -2.06. The highest BCUT2D eigenvalue weighted by Gasteiger charge is 2.15. The van der Waals surface area contributed by atoms with Gasteiger partial charge in [0.15, 0.2) is 0 Å². The minimum atomic E-state index is -0.218. The Labute approximate surface area is 137 Å². The van der Waals surface area contributed by atoms with Gasteiger partial charge in [-0.3, -0.25) is 9.78 Å². The number of para-hydroxylation sites is 1. The van der Waals surface area contributed by atoms with Gasteiger partial charge < -0.3 is 5.32 Å². The fraction of sp³-hybridized carbons (Fsp3) is 0. The van der Waals surface area contributed by atoms with Crippen LogP contribution in [0.15, 0.2) is 73.1 Å². The maximum Gasteiger partial charge on any atom is 0.258 e. The molecule has 116 valence electrons. The van der Waals surface area contributed by atoms with Gasteiger partial charge in [0, 0.05) is 11.9 Å². The van der Waals surface area contributed by atoms with E-state index >= 15 is 0 Å². The minimum Gasteiger partial charge on any atom is -0.322 e. The summed E-state index contributed by atoms with van der Waals surface area (Å²) in [6.45, 7) is 0. The standard InChI is InChI=1S/C18H13N5O/c24-18(20-13-6-2-1-3-7-13)15-9-4-10-16-17(15)21-22-23(16)14-8-5-11-19-12-14/h1-12H,(H,20,24). The van der Waals surface area contributed by atoms with Crippen molar-refractivity contribution in [3.05, 3.63) is 78.6 Å². The van der Waals surface area contributed by atoms with Crippen LogP contribution in [0.3, 0.4) is 0 Å². The van der Waals surface area contributed by atoms with E-state index in [0.29, 0.717) is 11.1 Å². The number of aromatic nitrogens is 4. The zero-order valence-electron chi connectivity index (χ0n) is 12.6. The molecule has 0 spiro atoms. The number of benzene rings is 2. The van der Waals surface area contributed by atoms with Crippen molar-refractivity contribution in [2.24, 2.45) is 0 Å². The Hall–Kier alpha value is -3.54. The third-order valence-corrected chi connectivity index (χ3v) is 3.64. The highest BCUT2D eigenvalue weighted by molar-refractivity contribution is 6.11. The van der Waals surface area contributed by atoms with Crippen LogP contribution in [0, 0.1) is 0 Å². The zero-order chi connectivity index (χ0) is 16.4. The molecule has 0 unspecified atom stereocenters. The van der Waals surface area contributed by atoms with Crippen LogP contribution in [0.2, 0.25) is 0 Å². The Morgan fingerprint density at radius 1 is 0.958 bits per heavy atom. The molecule has 2 heterocycles. The van der Waals surface area contributed by atoms with E-state index in [4.69, 9.17) is 0 Å². The van der Waals surface area contributed by atoms with Gasteiger partial charge in [0.1, 0.15) is 5.52 Å². The van der Waals surface area contributed by atoms with E-state index < -0.39 is 0 Å². The van der Waals surface area contributed by atoms with Gasteiger partial charge in [-0.15, -0.1) is 5.10 Å². The number of rotatable bonds is 3. The van der Waals surface area contributed by atoms with Crippen molar-refractivity contribution in [2.75, 3.05) is 5.32 Å². The number of hydrogen-bond donors (Lipinski definition) is 1. The summed E-state index contributed by atoms with van der Waals surface area (Å²) in [6, 6.07) is 18.5. The quantitative estimate of drug-likeness (QED) is 0.630. The molecule has 0 fully saturated rings. The molecule has 1 amide bonds. The van der Waals surface area contributed by atoms with Crippen LogP contribution in [-0.2, 0) is 0 Å². The second-order valence-electron chi connectivity index (χ2n) is 5.21. The fourth-order valence-electron chi connectivity index (χ4n) is 2.52. The molecule has 0 aliphatic carbocycles. The highest BCUT2D eigenvalue weighted by atomic mass is 16.1. The topological polar surface area (TPSA) is 72.7 Å². The maximum absolute atomic E-state index is 12.6. The molecule has 4 aromatic rings. The van der Waals surface area contributed by atoms with Crippen LogP contribution in [0.25, 0.3) is 16.7 Å². The molecule has 0 aliphatic rings. The van der Waals surface area contributed by atoms with Crippen molar-refractivity contribution in [1.29, 1.82) is 0 Å². The van der Waals surface area contributed by atoms with Gasteiger partial charge in [0.25, 0.3) is 5.91 Å². The van der Waals surface area contributed by atoms with E-state index in [-0.39, 0.29) is 5.91 Å². The molecule has 24 heavy (non-hydrogen) atoms. The predicted octanol–water partition coefficient (Wildman–Crippen LogP) is 3.07. The van der Waals surface area contributed by atoms with E-state index in [0.717, 1.165) is 16.9 Å². The molecular formula is C18H13N5O. The SMILES string of the molecule is O=C(Nc1ccccc1)c1cccc2c1nnn2-c1cccnc1. The lowest BCUT2D eigenvalue weighted by atomic mass is 10.1. The largest absolute Gasteiger partial charge is 0.322 e. The molecule has 0 saturated heterocycles. The normalized spacial score (nSPS) is 10.7. The van der Waals surface area contributed by atoms with Crippen LogP contribution in [0.4, 0.5) is 5.69 Å². The van der Waals surface area contributed by atoms with Crippen LogP contribution < -0.4 is 5.32 Å². The summed E-state index contributed by atoms with van der Waals surface area (Å²) < 4.78 is 1.67. The average molecular weight is 315 g/mol. The number of amides is 1. The Balaban J connectivity index is 1.75. The van der Waals surface area contributed by atoms with Crippen LogP contribution in [-0.4, -0.2) is 25.9 Å². The van der Waals surface area contributed by atoms with E-state index in [2.05, 4.69) is 20.6 Å². The summed E-state index contributed by atoms with van der Waals surface area (Å²) in [6.07, 6.45) is 3.40. The highest BCUT2D eigenvalue weighted by Crippen LogP contribution is 2.20. The maximum atomic E-state index is 12.6. The van der Waals surface area contributed by atoms with Crippen LogP contribution >= 0.6 is 0 Å². The Morgan fingerprint density at radius 3 is 2.62 bits per heavy atom. The minimum absolute atomic E-state index is 0.218. The summed E-state index contributed by atoms with van der Waals surface area (Å²) in [4.78, 5) is 16.7. The molecule has 4 rings (SSSR count).